The van der Waals surface area contributed by atoms with Gasteiger partial charge < -0.3 is 8.85 Å². The van der Waals surface area contributed by atoms with Gasteiger partial charge in [-0.2, -0.15) is 0 Å². The van der Waals surface area contributed by atoms with Crippen molar-refractivity contribution >= 4 is 8.56 Å². The lowest BCUT2D eigenvalue weighted by atomic mass is 9.75. The molecule has 0 unspecified atom stereocenters. The van der Waals surface area contributed by atoms with Gasteiger partial charge in [-0.05, 0) is 73.4 Å². The molecule has 0 N–H and O–H groups in total. The lowest BCUT2D eigenvalue weighted by Crippen LogP contribution is -2.50. The molecule has 0 aromatic heterocycles. The van der Waals surface area contributed by atoms with Crippen LogP contribution < -0.4 is 0 Å². The van der Waals surface area contributed by atoms with Crippen molar-refractivity contribution in [3.05, 3.63) is 12.3 Å². The van der Waals surface area contributed by atoms with Gasteiger partial charge in [-0.3, -0.25) is 0 Å². The zero-order chi connectivity index (χ0) is 19.5. The molecule has 2 aliphatic carbocycles. The summed E-state index contributed by atoms with van der Waals surface area (Å²) >= 11 is 0. The molecule has 0 amide bonds. The summed E-state index contributed by atoms with van der Waals surface area (Å²) in [5, 5.41) is 0. The van der Waals surface area contributed by atoms with Crippen LogP contribution in [0.2, 0.25) is 6.55 Å². The molecule has 0 spiro atoms. The van der Waals surface area contributed by atoms with Crippen LogP contribution in [0.3, 0.4) is 0 Å². The average molecular weight is 381 g/mol. The molecule has 0 radical (unpaired) electrons. The van der Waals surface area contributed by atoms with Crippen molar-refractivity contribution in [3.63, 3.8) is 0 Å². The first-order chi connectivity index (χ1) is 12.1. The summed E-state index contributed by atoms with van der Waals surface area (Å²) in [6.45, 7) is 20.5. The normalized spacial score (nSPS) is 36.5. The van der Waals surface area contributed by atoms with Crippen molar-refractivity contribution in [1.29, 1.82) is 0 Å². The van der Waals surface area contributed by atoms with Gasteiger partial charge in [0.25, 0.3) is 0 Å². The van der Waals surface area contributed by atoms with Gasteiger partial charge in [-0.15, -0.1) is 6.58 Å². The molecular formula is C23H44O2Si. The highest BCUT2D eigenvalue weighted by Gasteiger charge is 2.42. The van der Waals surface area contributed by atoms with Gasteiger partial charge in [0, 0.05) is 0 Å². The molecule has 2 saturated carbocycles. The van der Waals surface area contributed by atoms with Crippen molar-refractivity contribution in [2.75, 3.05) is 0 Å². The second-order valence-corrected chi connectivity index (χ2v) is 13.1. The summed E-state index contributed by atoms with van der Waals surface area (Å²) in [4.78, 5) is 0. The second kappa shape index (κ2) is 9.38. The molecule has 0 aromatic rings. The van der Waals surface area contributed by atoms with Crippen LogP contribution in [0.5, 0.6) is 0 Å². The minimum atomic E-state index is -2.37. The van der Waals surface area contributed by atoms with Crippen LogP contribution in [0.1, 0.15) is 80.1 Å². The van der Waals surface area contributed by atoms with E-state index in [4.69, 9.17) is 8.85 Å². The first-order valence-electron chi connectivity index (χ1n) is 11.1. The fourth-order valence-corrected chi connectivity index (χ4v) is 7.22. The minimum absolute atomic E-state index is 0.340. The van der Waals surface area contributed by atoms with Crippen LogP contribution >= 0.6 is 0 Å². The Morgan fingerprint density at radius 1 is 0.808 bits per heavy atom. The van der Waals surface area contributed by atoms with Gasteiger partial charge in [0.15, 0.2) is 0 Å². The largest absolute Gasteiger partial charge is 0.388 e. The van der Waals surface area contributed by atoms with Crippen LogP contribution in [0.15, 0.2) is 12.3 Å². The molecule has 2 fully saturated rings. The highest BCUT2D eigenvalue weighted by atomic mass is 28.4. The number of hydrogen-bond acceptors (Lipinski definition) is 2. The van der Waals surface area contributed by atoms with Crippen molar-refractivity contribution < 1.29 is 8.85 Å². The van der Waals surface area contributed by atoms with E-state index in [2.05, 4.69) is 54.7 Å². The van der Waals surface area contributed by atoms with E-state index in [1.54, 1.807) is 0 Å². The molecule has 0 bridgehead atoms. The maximum Gasteiger partial charge on any atom is 0.361 e. The summed E-state index contributed by atoms with van der Waals surface area (Å²) in [5.41, 5.74) is 2.04. The lowest BCUT2D eigenvalue weighted by Gasteiger charge is -2.44. The highest BCUT2D eigenvalue weighted by Crippen LogP contribution is 2.40. The average Bonchev–Trinajstić information content (AvgIpc) is 2.54. The van der Waals surface area contributed by atoms with Gasteiger partial charge in [-0.25, -0.2) is 0 Å². The van der Waals surface area contributed by atoms with Crippen molar-refractivity contribution in [1.82, 2.24) is 0 Å². The van der Waals surface area contributed by atoms with E-state index in [0.29, 0.717) is 35.9 Å². The number of rotatable bonds is 7. The van der Waals surface area contributed by atoms with E-state index in [1.165, 1.54) is 38.5 Å². The van der Waals surface area contributed by atoms with Gasteiger partial charge >= 0.3 is 8.56 Å². The third kappa shape index (κ3) is 5.69. The van der Waals surface area contributed by atoms with Gasteiger partial charge in [0.05, 0.1) is 12.2 Å². The van der Waals surface area contributed by atoms with Crippen LogP contribution in [0.25, 0.3) is 0 Å². The fourth-order valence-electron chi connectivity index (χ4n) is 5.23. The molecule has 2 aliphatic rings. The first kappa shape index (κ1) is 22.2. The molecule has 0 saturated heterocycles. The summed E-state index contributed by atoms with van der Waals surface area (Å²) in [5.74, 6) is 4.19. The summed E-state index contributed by atoms with van der Waals surface area (Å²) in [6, 6.07) is 0. The van der Waals surface area contributed by atoms with E-state index in [0.717, 1.165) is 11.8 Å². The van der Waals surface area contributed by atoms with Gasteiger partial charge in [-0.1, -0.05) is 54.4 Å². The molecule has 152 valence electrons. The van der Waals surface area contributed by atoms with E-state index >= 15 is 0 Å². The molecule has 3 heteroatoms. The monoisotopic (exact) mass is 380 g/mol. The van der Waals surface area contributed by atoms with Crippen molar-refractivity contribution in [2.24, 2.45) is 35.5 Å². The topological polar surface area (TPSA) is 18.5 Å². The minimum Gasteiger partial charge on any atom is -0.388 e. The standard InChI is InChI=1S/C23H44O2Si/c1-9-26(8,24-22-14-18(6)10-12-20(22)16(2)3)25-23-15-19(7)11-13-21(23)17(4)5/h9,16-23H,1,10-15H2,2-8H3/t18-,19-,20+,21+,22-,23-/m1/s1. The third-order valence-corrected chi connectivity index (χ3v) is 9.35. The molecule has 0 aromatic carbocycles. The predicted octanol–water partition coefficient (Wildman–Crippen LogP) is 6.74. The Hall–Kier alpha value is -0.123. The van der Waals surface area contributed by atoms with Crippen LogP contribution in [-0.2, 0) is 8.85 Å². The summed E-state index contributed by atoms with van der Waals surface area (Å²) < 4.78 is 13.7. The molecule has 0 heterocycles. The Morgan fingerprint density at radius 3 is 1.50 bits per heavy atom. The predicted molar refractivity (Wildman–Crippen MR) is 114 cm³/mol. The van der Waals surface area contributed by atoms with Crippen LogP contribution in [-0.4, -0.2) is 20.8 Å². The number of hydrogen-bond donors (Lipinski definition) is 0. The Morgan fingerprint density at radius 2 is 1.19 bits per heavy atom. The molecule has 26 heavy (non-hydrogen) atoms. The Balaban J connectivity index is 2.11. The molecule has 2 nitrogen and oxygen atoms in total. The molecule has 6 atom stereocenters. The first-order valence-corrected chi connectivity index (χ1v) is 13.5. The molecule has 2 rings (SSSR count). The maximum absolute atomic E-state index is 6.84. The summed E-state index contributed by atoms with van der Waals surface area (Å²) in [6.07, 6.45) is 8.30. The maximum atomic E-state index is 6.84. The highest BCUT2D eigenvalue weighted by molar-refractivity contribution is 6.71. The second-order valence-electron chi connectivity index (χ2n) is 10.2. The molecule has 0 aliphatic heterocycles. The Labute approximate surface area is 164 Å². The smallest absolute Gasteiger partial charge is 0.361 e. The van der Waals surface area contributed by atoms with E-state index < -0.39 is 8.56 Å². The Kier molecular flexibility index (Phi) is 8.00. The van der Waals surface area contributed by atoms with Crippen LogP contribution in [0, 0.1) is 35.5 Å². The fraction of sp³-hybridized carbons (Fsp3) is 0.913. The van der Waals surface area contributed by atoms with E-state index in [9.17, 15) is 0 Å². The summed E-state index contributed by atoms with van der Waals surface area (Å²) in [7, 11) is -2.37. The van der Waals surface area contributed by atoms with Gasteiger partial charge in [0.1, 0.15) is 0 Å². The lowest BCUT2D eigenvalue weighted by molar-refractivity contribution is -0.0210. The SMILES string of the molecule is C=C[Si](C)(O[C@@H]1C[C@H](C)CC[C@H]1C(C)C)O[C@@H]1C[C@H](C)CC[C@H]1C(C)C. The zero-order valence-electron chi connectivity index (χ0n) is 18.5. The van der Waals surface area contributed by atoms with Crippen molar-refractivity contribution in [3.8, 4) is 0 Å². The quantitative estimate of drug-likeness (QED) is 0.455. The third-order valence-electron chi connectivity index (χ3n) is 7.06. The molecular weight excluding hydrogens is 336 g/mol. The Bertz CT molecular complexity index is 413. The van der Waals surface area contributed by atoms with Gasteiger partial charge in [0.2, 0.25) is 0 Å². The van der Waals surface area contributed by atoms with E-state index in [1.807, 2.05) is 5.70 Å². The van der Waals surface area contributed by atoms with Crippen LogP contribution in [0.4, 0.5) is 0 Å². The zero-order valence-corrected chi connectivity index (χ0v) is 19.5. The van der Waals surface area contributed by atoms with Crippen molar-refractivity contribution in [2.45, 2.75) is 98.8 Å². The van der Waals surface area contributed by atoms with E-state index in [-0.39, 0.29) is 0 Å².